The van der Waals surface area contributed by atoms with E-state index in [0.717, 1.165) is 22.5 Å². The van der Waals surface area contributed by atoms with Crippen LogP contribution in [0.1, 0.15) is 16.8 Å². The smallest absolute Gasteiger partial charge is 0.108 e. The molecule has 0 saturated carbocycles. The molecular formula is C20H19N5O. The van der Waals surface area contributed by atoms with Crippen LogP contribution in [-0.4, -0.2) is 29.9 Å². The van der Waals surface area contributed by atoms with Crippen LogP contribution in [0.2, 0.25) is 0 Å². The number of benzene rings is 2. The maximum absolute atomic E-state index is 9.19. The molecule has 2 heterocycles. The molecule has 0 fully saturated rings. The largest absolute Gasteiger partial charge is 0.390 e. The lowest BCUT2D eigenvalue weighted by Crippen LogP contribution is -2.01. The topological polar surface area (TPSA) is 68.8 Å². The van der Waals surface area contributed by atoms with E-state index in [-0.39, 0.29) is 6.61 Å². The van der Waals surface area contributed by atoms with Gasteiger partial charge in [0.2, 0.25) is 0 Å². The predicted molar refractivity (Wildman–Crippen MR) is 98.8 cm³/mol. The van der Waals surface area contributed by atoms with E-state index < -0.39 is 0 Å². The molecule has 4 rings (SSSR count). The van der Waals surface area contributed by atoms with E-state index in [1.54, 1.807) is 10.9 Å². The highest BCUT2D eigenvalue weighted by atomic mass is 16.3. The second-order valence-corrected chi connectivity index (χ2v) is 6.21. The lowest BCUT2D eigenvalue weighted by Gasteiger charge is -2.02. The number of hydrogen-bond acceptors (Lipinski definition) is 4. The highest BCUT2D eigenvalue weighted by Gasteiger charge is 2.13. The monoisotopic (exact) mass is 345 g/mol. The number of aliphatic hydroxyl groups is 1. The van der Waals surface area contributed by atoms with Gasteiger partial charge in [0.15, 0.2) is 0 Å². The standard InChI is InChI=1S/C20H19N5O/c1-15-7-9-19(10-8-15)25-12-17(11-24-13-18(14-26)21-23-24)20(22-25)16-5-3-2-4-6-16/h2-10,12-13,26H,11,14H2,1H3. The molecule has 0 amide bonds. The molecular weight excluding hydrogens is 326 g/mol. The molecule has 2 aromatic carbocycles. The Bertz CT molecular complexity index is 1000. The van der Waals surface area contributed by atoms with Crippen LogP contribution in [0.5, 0.6) is 0 Å². The fraction of sp³-hybridized carbons (Fsp3) is 0.150. The highest BCUT2D eigenvalue weighted by Crippen LogP contribution is 2.24. The molecule has 0 radical (unpaired) electrons. The van der Waals surface area contributed by atoms with Gasteiger partial charge in [-0.05, 0) is 19.1 Å². The van der Waals surface area contributed by atoms with Gasteiger partial charge in [0.25, 0.3) is 0 Å². The molecule has 0 aliphatic heterocycles. The number of nitrogens with zero attached hydrogens (tertiary/aromatic N) is 5. The third kappa shape index (κ3) is 3.27. The molecule has 130 valence electrons. The molecule has 0 aliphatic rings. The van der Waals surface area contributed by atoms with E-state index in [1.165, 1.54) is 5.56 Å². The molecule has 4 aromatic rings. The zero-order valence-corrected chi connectivity index (χ0v) is 14.4. The molecule has 0 spiro atoms. The van der Waals surface area contributed by atoms with Gasteiger partial charge in [-0.15, -0.1) is 5.10 Å². The number of hydrogen-bond donors (Lipinski definition) is 1. The maximum atomic E-state index is 9.19. The van der Waals surface area contributed by atoms with Crippen molar-refractivity contribution in [2.24, 2.45) is 0 Å². The zero-order chi connectivity index (χ0) is 17.9. The highest BCUT2D eigenvalue weighted by molar-refractivity contribution is 5.63. The van der Waals surface area contributed by atoms with Crippen molar-refractivity contribution in [2.45, 2.75) is 20.1 Å². The lowest BCUT2D eigenvalue weighted by molar-refractivity contribution is 0.276. The fourth-order valence-corrected chi connectivity index (χ4v) is 2.86. The molecule has 26 heavy (non-hydrogen) atoms. The number of aromatic nitrogens is 5. The van der Waals surface area contributed by atoms with Gasteiger partial charge in [-0.2, -0.15) is 5.10 Å². The number of aryl methyl sites for hydroxylation is 1. The van der Waals surface area contributed by atoms with Crippen molar-refractivity contribution in [2.75, 3.05) is 0 Å². The summed E-state index contributed by atoms with van der Waals surface area (Å²) in [5, 5.41) is 22.0. The van der Waals surface area contributed by atoms with Crippen LogP contribution in [0.3, 0.4) is 0 Å². The third-order valence-electron chi connectivity index (χ3n) is 4.22. The van der Waals surface area contributed by atoms with Gasteiger partial charge in [-0.1, -0.05) is 53.2 Å². The van der Waals surface area contributed by atoms with Crippen molar-refractivity contribution >= 4 is 0 Å². The Labute approximate surface area is 151 Å². The average molecular weight is 345 g/mol. The van der Waals surface area contributed by atoms with E-state index in [2.05, 4.69) is 41.5 Å². The average Bonchev–Trinajstić information content (AvgIpc) is 3.30. The minimum Gasteiger partial charge on any atom is -0.390 e. The van der Waals surface area contributed by atoms with Crippen molar-refractivity contribution in [3.05, 3.63) is 83.8 Å². The van der Waals surface area contributed by atoms with Crippen molar-refractivity contribution in [1.29, 1.82) is 0 Å². The Morgan fingerprint density at radius 1 is 0.962 bits per heavy atom. The Balaban J connectivity index is 1.76. The molecule has 0 unspecified atom stereocenters. The fourth-order valence-electron chi connectivity index (χ4n) is 2.86. The summed E-state index contributed by atoms with van der Waals surface area (Å²) in [5.74, 6) is 0. The Morgan fingerprint density at radius 2 is 1.73 bits per heavy atom. The molecule has 0 bridgehead atoms. The maximum Gasteiger partial charge on any atom is 0.108 e. The lowest BCUT2D eigenvalue weighted by atomic mass is 10.1. The Hall–Kier alpha value is -3.25. The first-order valence-electron chi connectivity index (χ1n) is 8.44. The first kappa shape index (κ1) is 16.2. The van der Waals surface area contributed by atoms with E-state index >= 15 is 0 Å². The molecule has 0 atom stereocenters. The summed E-state index contributed by atoms with van der Waals surface area (Å²) in [5.41, 5.74) is 5.77. The number of aliphatic hydroxyl groups excluding tert-OH is 1. The molecule has 0 aliphatic carbocycles. The summed E-state index contributed by atoms with van der Waals surface area (Å²) in [6.07, 6.45) is 3.77. The van der Waals surface area contributed by atoms with Crippen LogP contribution in [0.25, 0.3) is 16.9 Å². The van der Waals surface area contributed by atoms with Crippen LogP contribution >= 0.6 is 0 Å². The van der Waals surface area contributed by atoms with Gasteiger partial charge in [-0.25, -0.2) is 9.36 Å². The van der Waals surface area contributed by atoms with E-state index in [0.29, 0.717) is 12.2 Å². The molecule has 6 heteroatoms. The predicted octanol–water partition coefficient (Wildman–Crippen LogP) is 2.98. The van der Waals surface area contributed by atoms with Crippen LogP contribution < -0.4 is 0 Å². The summed E-state index contributed by atoms with van der Waals surface area (Å²) in [7, 11) is 0. The van der Waals surface area contributed by atoms with Gasteiger partial charge < -0.3 is 5.11 Å². The summed E-state index contributed by atoms with van der Waals surface area (Å²) < 4.78 is 3.61. The third-order valence-corrected chi connectivity index (χ3v) is 4.22. The van der Waals surface area contributed by atoms with Crippen LogP contribution in [0.15, 0.2) is 67.0 Å². The second-order valence-electron chi connectivity index (χ2n) is 6.21. The first-order chi connectivity index (χ1) is 12.7. The van der Waals surface area contributed by atoms with Crippen LogP contribution in [0.4, 0.5) is 0 Å². The van der Waals surface area contributed by atoms with Gasteiger partial charge in [0.05, 0.1) is 30.7 Å². The van der Waals surface area contributed by atoms with Crippen molar-refractivity contribution < 1.29 is 5.11 Å². The molecule has 6 nitrogen and oxygen atoms in total. The summed E-state index contributed by atoms with van der Waals surface area (Å²) in [4.78, 5) is 0. The Morgan fingerprint density at radius 3 is 2.42 bits per heavy atom. The van der Waals surface area contributed by atoms with Gasteiger partial charge in [0.1, 0.15) is 5.69 Å². The van der Waals surface area contributed by atoms with Gasteiger partial charge in [0, 0.05) is 17.3 Å². The van der Waals surface area contributed by atoms with E-state index in [1.807, 2.05) is 41.2 Å². The van der Waals surface area contributed by atoms with Crippen molar-refractivity contribution in [3.8, 4) is 16.9 Å². The number of rotatable bonds is 5. The Kier molecular flexibility index (Phi) is 4.33. The summed E-state index contributed by atoms with van der Waals surface area (Å²) in [6.45, 7) is 2.48. The zero-order valence-electron chi connectivity index (χ0n) is 14.4. The normalized spacial score (nSPS) is 11.0. The molecule has 2 aromatic heterocycles. The van der Waals surface area contributed by atoms with E-state index in [4.69, 9.17) is 5.10 Å². The molecule has 0 saturated heterocycles. The second kappa shape index (κ2) is 6.93. The van der Waals surface area contributed by atoms with Crippen LogP contribution in [0, 0.1) is 6.92 Å². The van der Waals surface area contributed by atoms with Gasteiger partial charge in [-0.3, -0.25) is 0 Å². The SMILES string of the molecule is Cc1ccc(-n2cc(Cn3cc(CO)nn3)c(-c3ccccc3)n2)cc1. The quantitative estimate of drug-likeness (QED) is 0.604. The van der Waals surface area contributed by atoms with Crippen LogP contribution in [-0.2, 0) is 13.2 Å². The summed E-state index contributed by atoms with van der Waals surface area (Å²) in [6, 6.07) is 18.4. The van der Waals surface area contributed by atoms with Crippen molar-refractivity contribution in [1.82, 2.24) is 24.8 Å². The van der Waals surface area contributed by atoms with Crippen molar-refractivity contribution in [3.63, 3.8) is 0 Å². The molecule has 1 N–H and O–H groups in total. The minimum atomic E-state index is -0.117. The minimum absolute atomic E-state index is 0.117. The summed E-state index contributed by atoms with van der Waals surface area (Å²) >= 11 is 0. The first-order valence-corrected chi connectivity index (χ1v) is 8.44. The van der Waals surface area contributed by atoms with E-state index in [9.17, 15) is 5.11 Å². The van der Waals surface area contributed by atoms with Gasteiger partial charge >= 0.3 is 0 Å².